The fourth-order valence-corrected chi connectivity index (χ4v) is 4.53. The molecule has 2 amide bonds. The summed E-state index contributed by atoms with van der Waals surface area (Å²) in [5, 5.41) is 8.76. The number of carbonyl (C=O) groups is 2. The van der Waals surface area contributed by atoms with E-state index in [9.17, 15) is 9.59 Å². The van der Waals surface area contributed by atoms with E-state index in [1.54, 1.807) is 36.6 Å². The Morgan fingerprint density at radius 3 is 2.70 bits per heavy atom. The molecule has 1 atom stereocenters. The molecule has 1 saturated heterocycles. The maximum atomic E-state index is 13.2. The lowest BCUT2D eigenvalue weighted by Crippen LogP contribution is -2.41. The maximum absolute atomic E-state index is 13.2. The summed E-state index contributed by atoms with van der Waals surface area (Å²) >= 11 is 7.13. The van der Waals surface area contributed by atoms with E-state index in [0.717, 1.165) is 18.4 Å². The highest BCUT2D eigenvalue weighted by Gasteiger charge is 2.33. The minimum Gasteiger partial charge on any atom is -0.469 e. The molecule has 156 valence electrons. The van der Waals surface area contributed by atoms with Gasteiger partial charge in [0.05, 0.1) is 17.1 Å². The summed E-state index contributed by atoms with van der Waals surface area (Å²) in [6.07, 6.45) is 3.75. The molecule has 3 heterocycles. The lowest BCUT2D eigenvalue weighted by atomic mass is 10.2. The fraction of sp³-hybridized carbons (Fsp3) is 0.300. The van der Waals surface area contributed by atoms with Gasteiger partial charge in [0.1, 0.15) is 5.76 Å². The molecule has 0 bridgehead atoms. The van der Waals surface area contributed by atoms with Gasteiger partial charge in [-0.3, -0.25) is 14.5 Å². The lowest BCUT2D eigenvalue weighted by Gasteiger charge is -2.22. The van der Waals surface area contributed by atoms with Crippen molar-refractivity contribution in [3.63, 3.8) is 0 Å². The number of hydrogen-bond acceptors (Lipinski definition) is 7. The first-order valence-corrected chi connectivity index (χ1v) is 10.7. The van der Waals surface area contributed by atoms with Crippen LogP contribution in [0.25, 0.3) is 11.4 Å². The Hall–Kier alpha value is -2.78. The van der Waals surface area contributed by atoms with Crippen LogP contribution in [0, 0.1) is 6.92 Å². The van der Waals surface area contributed by atoms with Gasteiger partial charge >= 0.3 is 0 Å². The van der Waals surface area contributed by atoms with Crippen molar-refractivity contribution in [3.8, 4) is 11.4 Å². The van der Waals surface area contributed by atoms with Gasteiger partial charge in [-0.25, -0.2) is 4.68 Å². The molecule has 3 aromatic rings. The van der Waals surface area contributed by atoms with Crippen molar-refractivity contribution in [2.75, 3.05) is 12.4 Å². The van der Waals surface area contributed by atoms with Crippen molar-refractivity contribution < 1.29 is 14.0 Å². The standard InChI is InChI=1S/C20H20ClN5O3S/c1-12-15(9-11-29-12)17-23-24-20(26(17)22)30-16-4-2-3-10-25(19(16)28)18(27)13-5-7-14(21)8-6-13/h5-9,11,16H,2-4,10,22H2,1H3/t16-/m1/s1. The van der Waals surface area contributed by atoms with Crippen molar-refractivity contribution in [2.24, 2.45) is 0 Å². The number of aromatic nitrogens is 3. The molecule has 0 aliphatic carbocycles. The summed E-state index contributed by atoms with van der Waals surface area (Å²) in [6.45, 7) is 2.19. The summed E-state index contributed by atoms with van der Waals surface area (Å²) in [5.74, 6) is 6.75. The van der Waals surface area contributed by atoms with Gasteiger partial charge in [-0.1, -0.05) is 29.8 Å². The molecule has 8 nitrogen and oxygen atoms in total. The number of nitrogen functional groups attached to an aromatic ring is 1. The first kappa shape index (κ1) is 20.5. The van der Waals surface area contributed by atoms with Crippen molar-refractivity contribution in [2.45, 2.75) is 36.6 Å². The third-order valence-electron chi connectivity index (χ3n) is 4.99. The first-order chi connectivity index (χ1) is 14.5. The number of rotatable bonds is 4. The SMILES string of the molecule is Cc1occc1-c1nnc(S[C@@H]2CCCCN(C(=O)c3ccc(Cl)cc3)C2=O)n1N. The highest BCUT2D eigenvalue weighted by Crippen LogP contribution is 2.31. The van der Waals surface area contributed by atoms with Crippen LogP contribution < -0.4 is 5.84 Å². The average molecular weight is 446 g/mol. The Kier molecular flexibility index (Phi) is 5.83. The minimum absolute atomic E-state index is 0.249. The largest absolute Gasteiger partial charge is 0.469 e. The van der Waals surface area contributed by atoms with E-state index >= 15 is 0 Å². The van der Waals surface area contributed by atoms with Gasteiger partial charge in [0.15, 0.2) is 5.82 Å². The zero-order valence-corrected chi connectivity index (χ0v) is 17.8. The molecule has 2 N–H and O–H groups in total. The number of nitrogens with zero attached hydrogens (tertiary/aromatic N) is 4. The van der Waals surface area contributed by atoms with Crippen LogP contribution in [0.15, 0.2) is 46.2 Å². The topological polar surface area (TPSA) is 107 Å². The molecule has 30 heavy (non-hydrogen) atoms. The van der Waals surface area contributed by atoms with Crippen LogP contribution in [0.2, 0.25) is 5.02 Å². The predicted octanol–water partition coefficient (Wildman–Crippen LogP) is 3.53. The third kappa shape index (κ3) is 3.95. The van der Waals surface area contributed by atoms with Gasteiger partial charge in [-0.2, -0.15) is 0 Å². The molecule has 2 aromatic heterocycles. The molecular formula is C20H20ClN5O3S. The number of likely N-dealkylation sites (tertiary alicyclic amines) is 1. The zero-order chi connectivity index (χ0) is 21.3. The van der Waals surface area contributed by atoms with E-state index in [1.807, 2.05) is 6.92 Å². The van der Waals surface area contributed by atoms with E-state index in [0.29, 0.717) is 40.3 Å². The number of furan rings is 1. The van der Waals surface area contributed by atoms with Gasteiger partial charge < -0.3 is 10.3 Å². The number of aryl methyl sites for hydroxylation is 1. The Bertz CT molecular complexity index is 1080. The molecule has 1 aromatic carbocycles. The second kappa shape index (κ2) is 8.53. The van der Waals surface area contributed by atoms with Gasteiger partial charge in [0.2, 0.25) is 11.1 Å². The Balaban J connectivity index is 1.55. The number of carbonyl (C=O) groups excluding carboxylic acids is 2. The molecule has 0 saturated carbocycles. The molecule has 4 rings (SSSR count). The molecule has 0 radical (unpaired) electrons. The summed E-state index contributed by atoms with van der Waals surface area (Å²) in [4.78, 5) is 27.4. The Morgan fingerprint density at radius 2 is 2.00 bits per heavy atom. The smallest absolute Gasteiger partial charge is 0.260 e. The number of halogens is 1. The number of nitrogens with two attached hydrogens (primary N) is 1. The predicted molar refractivity (Wildman–Crippen MR) is 114 cm³/mol. The van der Waals surface area contributed by atoms with Crippen LogP contribution in [-0.4, -0.2) is 43.4 Å². The number of hydrogen-bond donors (Lipinski definition) is 1. The monoisotopic (exact) mass is 445 g/mol. The maximum Gasteiger partial charge on any atom is 0.260 e. The van der Waals surface area contributed by atoms with Gasteiger partial charge in [-0.05, 0) is 50.1 Å². The summed E-state index contributed by atoms with van der Waals surface area (Å²) in [7, 11) is 0. The van der Waals surface area contributed by atoms with Crippen LogP contribution in [0.4, 0.5) is 0 Å². The second-order valence-electron chi connectivity index (χ2n) is 6.97. The fourth-order valence-electron chi connectivity index (χ4n) is 3.35. The van der Waals surface area contributed by atoms with Crippen LogP contribution in [0.1, 0.15) is 35.4 Å². The lowest BCUT2D eigenvalue weighted by molar-refractivity contribution is -0.127. The Morgan fingerprint density at radius 1 is 1.23 bits per heavy atom. The van der Waals surface area contributed by atoms with Gasteiger partial charge in [0, 0.05) is 17.1 Å². The zero-order valence-electron chi connectivity index (χ0n) is 16.2. The van der Waals surface area contributed by atoms with Crippen LogP contribution in [0.3, 0.4) is 0 Å². The summed E-state index contributed by atoms with van der Waals surface area (Å²) in [5.41, 5.74) is 1.17. The molecule has 1 aliphatic rings. The number of imide groups is 1. The van der Waals surface area contributed by atoms with E-state index in [2.05, 4.69) is 10.2 Å². The van der Waals surface area contributed by atoms with E-state index in [1.165, 1.54) is 21.3 Å². The van der Waals surface area contributed by atoms with E-state index in [4.69, 9.17) is 21.9 Å². The number of thioether (sulfide) groups is 1. The minimum atomic E-state index is -0.478. The van der Waals surface area contributed by atoms with Crippen LogP contribution >= 0.6 is 23.4 Å². The third-order valence-corrected chi connectivity index (χ3v) is 6.45. The first-order valence-electron chi connectivity index (χ1n) is 9.48. The normalized spacial score (nSPS) is 17.2. The quantitative estimate of drug-likeness (QED) is 0.483. The summed E-state index contributed by atoms with van der Waals surface area (Å²) in [6, 6.07) is 8.29. The van der Waals surface area contributed by atoms with Crippen molar-refractivity contribution in [1.82, 2.24) is 19.8 Å². The Labute approximate surface area is 182 Å². The molecule has 0 spiro atoms. The van der Waals surface area contributed by atoms with Crippen LogP contribution in [-0.2, 0) is 4.79 Å². The number of amides is 2. The van der Waals surface area contributed by atoms with Gasteiger partial charge in [0.25, 0.3) is 5.91 Å². The second-order valence-corrected chi connectivity index (χ2v) is 8.58. The van der Waals surface area contributed by atoms with Crippen molar-refractivity contribution in [3.05, 3.63) is 52.9 Å². The van der Waals surface area contributed by atoms with E-state index < -0.39 is 5.25 Å². The number of benzene rings is 1. The molecular weight excluding hydrogens is 426 g/mol. The van der Waals surface area contributed by atoms with E-state index in [-0.39, 0.29) is 11.8 Å². The highest BCUT2D eigenvalue weighted by atomic mass is 35.5. The summed E-state index contributed by atoms with van der Waals surface area (Å²) < 4.78 is 6.66. The molecule has 0 unspecified atom stereocenters. The molecule has 1 fully saturated rings. The van der Waals surface area contributed by atoms with Gasteiger partial charge in [-0.15, -0.1) is 10.2 Å². The average Bonchev–Trinajstić information content (AvgIpc) is 3.26. The van der Waals surface area contributed by atoms with Crippen molar-refractivity contribution in [1.29, 1.82) is 0 Å². The van der Waals surface area contributed by atoms with Crippen molar-refractivity contribution >= 4 is 35.2 Å². The molecule has 10 heteroatoms. The molecule has 1 aliphatic heterocycles. The van der Waals surface area contributed by atoms with Crippen LogP contribution in [0.5, 0.6) is 0 Å². The highest BCUT2D eigenvalue weighted by molar-refractivity contribution is 8.00.